The van der Waals surface area contributed by atoms with Crippen molar-refractivity contribution in [3.63, 3.8) is 0 Å². The van der Waals surface area contributed by atoms with Gasteiger partial charge in [-0.2, -0.15) is 0 Å². The number of methoxy groups -OCH3 is 2. The SMILES string of the molecule is COC(=O)c1nc(OC(C)=O)cc(OC)c1OCc1ccccc1. The molecule has 0 spiro atoms. The summed E-state index contributed by atoms with van der Waals surface area (Å²) in [5.41, 5.74) is 0.767. The molecule has 7 heteroatoms. The maximum absolute atomic E-state index is 12.0. The average Bonchev–Trinajstić information content (AvgIpc) is 2.59. The first-order valence-corrected chi connectivity index (χ1v) is 7.07. The van der Waals surface area contributed by atoms with Crippen LogP contribution in [-0.4, -0.2) is 31.1 Å². The number of rotatable bonds is 6. The third-order valence-electron chi connectivity index (χ3n) is 2.99. The minimum absolute atomic E-state index is 0.0770. The quantitative estimate of drug-likeness (QED) is 0.751. The first-order chi connectivity index (χ1) is 11.5. The summed E-state index contributed by atoms with van der Waals surface area (Å²) in [6, 6.07) is 10.8. The lowest BCUT2D eigenvalue weighted by Gasteiger charge is -2.14. The van der Waals surface area contributed by atoms with Crippen LogP contribution >= 0.6 is 0 Å². The largest absolute Gasteiger partial charge is 0.493 e. The van der Waals surface area contributed by atoms with Gasteiger partial charge in [-0.05, 0) is 5.56 Å². The van der Waals surface area contributed by atoms with E-state index in [1.807, 2.05) is 30.3 Å². The molecule has 0 atom stereocenters. The van der Waals surface area contributed by atoms with Crippen molar-refractivity contribution in [1.29, 1.82) is 0 Å². The fraction of sp³-hybridized carbons (Fsp3) is 0.235. The highest BCUT2D eigenvalue weighted by atomic mass is 16.6. The van der Waals surface area contributed by atoms with Gasteiger partial charge in [0.05, 0.1) is 14.2 Å². The second-order valence-electron chi connectivity index (χ2n) is 4.70. The van der Waals surface area contributed by atoms with E-state index in [0.29, 0.717) is 0 Å². The van der Waals surface area contributed by atoms with Gasteiger partial charge >= 0.3 is 11.9 Å². The molecule has 0 radical (unpaired) electrons. The molecule has 2 aromatic rings. The molecule has 0 unspecified atom stereocenters. The zero-order chi connectivity index (χ0) is 17.5. The Morgan fingerprint density at radius 2 is 1.83 bits per heavy atom. The minimum atomic E-state index is -0.731. The summed E-state index contributed by atoms with van der Waals surface area (Å²) < 4.78 is 20.6. The van der Waals surface area contributed by atoms with Gasteiger partial charge < -0.3 is 18.9 Å². The third kappa shape index (κ3) is 4.22. The number of pyridine rings is 1. The summed E-state index contributed by atoms with van der Waals surface area (Å²) in [7, 11) is 2.62. The van der Waals surface area contributed by atoms with Crippen LogP contribution in [0.2, 0.25) is 0 Å². The van der Waals surface area contributed by atoms with E-state index in [4.69, 9.17) is 18.9 Å². The molecule has 126 valence electrons. The summed E-state index contributed by atoms with van der Waals surface area (Å²) in [6.07, 6.45) is 0. The van der Waals surface area contributed by atoms with Gasteiger partial charge in [0.25, 0.3) is 0 Å². The van der Waals surface area contributed by atoms with Gasteiger partial charge in [0.2, 0.25) is 5.88 Å². The van der Waals surface area contributed by atoms with Crippen LogP contribution in [-0.2, 0) is 16.1 Å². The molecule has 0 aliphatic rings. The second kappa shape index (κ2) is 7.96. The Morgan fingerprint density at radius 3 is 2.42 bits per heavy atom. The van der Waals surface area contributed by atoms with Crippen LogP contribution < -0.4 is 14.2 Å². The fourth-order valence-electron chi connectivity index (χ4n) is 1.94. The summed E-state index contributed by atoms with van der Waals surface area (Å²) >= 11 is 0. The van der Waals surface area contributed by atoms with Crippen LogP contribution in [0.25, 0.3) is 0 Å². The van der Waals surface area contributed by atoms with Crippen LogP contribution in [0.1, 0.15) is 23.0 Å². The number of hydrogen-bond donors (Lipinski definition) is 0. The molecule has 2 rings (SSSR count). The number of carbonyl (C=O) groups is 2. The molecule has 0 N–H and O–H groups in total. The molecule has 0 amide bonds. The van der Waals surface area contributed by atoms with Crippen molar-refractivity contribution in [2.24, 2.45) is 0 Å². The van der Waals surface area contributed by atoms with Crippen molar-refractivity contribution in [3.8, 4) is 17.4 Å². The van der Waals surface area contributed by atoms with Crippen LogP contribution in [0.15, 0.2) is 36.4 Å². The van der Waals surface area contributed by atoms with E-state index in [1.165, 1.54) is 27.2 Å². The first-order valence-electron chi connectivity index (χ1n) is 7.07. The zero-order valence-electron chi connectivity index (χ0n) is 13.6. The highest BCUT2D eigenvalue weighted by Crippen LogP contribution is 2.34. The topological polar surface area (TPSA) is 84.0 Å². The van der Waals surface area contributed by atoms with Gasteiger partial charge in [-0.3, -0.25) is 4.79 Å². The normalized spacial score (nSPS) is 9.96. The predicted octanol–water partition coefficient (Wildman–Crippen LogP) is 2.38. The predicted molar refractivity (Wildman–Crippen MR) is 84.2 cm³/mol. The summed E-state index contributed by atoms with van der Waals surface area (Å²) in [6.45, 7) is 1.43. The molecule has 0 saturated carbocycles. The van der Waals surface area contributed by atoms with Crippen molar-refractivity contribution >= 4 is 11.9 Å². The zero-order valence-corrected chi connectivity index (χ0v) is 13.6. The van der Waals surface area contributed by atoms with E-state index in [9.17, 15) is 9.59 Å². The Labute approximate surface area is 139 Å². The van der Waals surface area contributed by atoms with E-state index >= 15 is 0 Å². The molecular weight excluding hydrogens is 314 g/mol. The maximum Gasteiger partial charge on any atom is 0.360 e. The number of aromatic nitrogens is 1. The van der Waals surface area contributed by atoms with Crippen molar-refractivity contribution in [2.45, 2.75) is 13.5 Å². The van der Waals surface area contributed by atoms with Crippen molar-refractivity contribution < 1.29 is 28.5 Å². The lowest BCUT2D eigenvalue weighted by molar-refractivity contribution is -0.132. The lowest BCUT2D eigenvalue weighted by atomic mass is 10.2. The molecule has 7 nitrogen and oxygen atoms in total. The minimum Gasteiger partial charge on any atom is -0.493 e. The van der Waals surface area contributed by atoms with Crippen LogP contribution in [0, 0.1) is 0 Å². The highest BCUT2D eigenvalue weighted by molar-refractivity contribution is 5.91. The Morgan fingerprint density at radius 1 is 1.12 bits per heavy atom. The summed E-state index contributed by atoms with van der Waals surface area (Å²) in [4.78, 5) is 27.1. The van der Waals surface area contributed by atoms with Crippen molar-refractivity contribution in [3.05, 3.63) is 47.7 Å². The molecule has 0 aliphatic heterocycles. The molecular formula is C17H17NO6. The number of carbonyl (C=O) groups excluding carboxylic acids is 2. The van der Waals surface area contributed by atoms with Crippen LogP contribution in [0.4, 0.5) is 0 Å². The second-order valence-corrected chi connectivity index (χ2v) is 4.70. The first kappa shape index (κ1) is 17.3. The fourth-order valence-corrected chi connectivity index (χ4v) is 1.94. The number of benzene rings is 1. The van der Waals surface area contributed by atoms with Crippen LogP contribution in [0.3, 0.4) is 0 Å². The van der Waals surface area contributed by atoms with E-state index in [-0.39, 0.29) is 29.7 Å². The molecule has 0 saturated heterocycles. The molecule has 24 heavy (non-hydrogen) atoms. The Balaban J connectivity index is 2.39. The van der Waals surface area contributed by atoms with Crippen LogP contribution in [0.5, 0.6) is 17.4 Å². The third-order valence-corrected chi connectivity index (χ3v) is 2.99. The van der Waals surface area contributed by atoms with E-state index in [0.717, 1.165) is 5.56 Å². The molecule has 1 aromatic carbocycles. The van der Waals surface area contributed by atoms with Gasteiger partial charge in [0.15, 0.2) is 17.2 Å². The smallest absolute Gasteiger partial charge is 0.360 e. The highest BCUT2D eigenvalue weighted by Gasteiger charge is 2.23. The molecule has 0 bridgehead atoms. The van der Waals surface area contributed by atoms with Gasteiger partial charge in [-0.1, -0.05) is 30.3 Å². The average molecular weight is 331 g/mol. The van der Waals surface area contributed by atoms with Gasteiger partial charge in [-0.25, -0.2) is 9.78 Å². The maximum atomic E-state index is 12.0. The van der Waals surface area contributed by atoms with Crippen molar-refractivity contribution in [1.82, 2.24) is 4.98 Å². The summed E-state index contributed by atoms with van der Waals surface area (Å²) in [5, 5.41) is 0. The number of nitrogens with zero attached hydrogens (tertiary/aromatic N) is 1. The van der Waals surface area contributed by atoms with E-state index in [2.05, 4.69) is 4.98 Å². The van der Waals surface area contributed by atoms with Gasteiger partial charge in [-0.15, -0.1) is 0 Å². The van der Waals surface area contributed by atoms with Crippen molar-refractivity contribution in [2.75, 3.05) is 14.2 Å². The Bertz CT molecular complexity index is 729. The van der Waals surface area contributed by atoms with Gasteiger partial charge in [0, 0.05) is 13.0 Å². The Kier molecular flexibility index (Phi) is 5.73. The molecule has 1 aromatic heterocycles. The standard InChI is InChI=1S/C17H17NO6/c1-11(19)24-14-9-13(21-2)16(15(18-14)17(20)22-3)23-10-12-7-5-4-6-8-12/h4-9H,10H2,1-3H3. The summed E-state index contributed by atoms with van der Waals surface area (Å²) in [5.74, 6) is -1.06. The molecule has 1 heterocycles. The van der Waals surface area contributed by atoms with E-state index in [1.54, 1.807) is 0 Å². The number of hydrogen-bond acceptors (Lipinski definition) is 7. The Hall–Kier alpha value is -3.09. The lowest BCUT2D eigenvalue weighted by Crippen LogP contribution is -2.12. The number of ether oxygens (including phenoxy) is 4. The molecule has 0 fully saturated rings. The van der Waals surface area contributed by atoms with E-state index < -0.39 is 11.9 Å². The van der Waals surface area contributed by atoms with Gasteiger partial charge in [0.1, 0.15) is 6.61 Å². The number of esters is 2. The monoisotopic (exact) mass is 331 g/mol. The molecule has 0 aliphatic carbocycles.